The lowest BCUT2D eigenvalue weighted by atomic mass is 9.86. The summed E-state index contributed by atoms with van der Waals surface area (Å²) >= 11 is 0. The third-order valence-corrected chi connectivity index (χ3v) is 5.27. The van der Waals surface area contributed by atoms with Gasteiger partial charge in [-0.05, 0) is 30.9 Å². The molecular weight excluding hydrogens is 388 g/mol. The predicted octanol–water partition coefficient (Wildman–Crippen LogP) is 1.80. The summed E-state index contributed by atoms with van der Waals surface area (Å²) in [5.41, 5.74) is 0.268. The van der Waals surface area contributed by atoms with E-state index in [1.165, 1.54) is 0 Å². The van der Waals surface area contributed by atoms with Crippen molar-refractivity contribution in [1.82, 2.24) is 20.6 Å². The highest BCUT2D eigenvalue weighted by molar-refractivity contribution is 5.95. The lowest BCUT2D eigenvalue weighted by Crippen LogP contribution is -2.48. The average molecular weight is 414 g/mol. The number of hydrogen-bond acceptors (Lipinski definition) is 6. The molecule has 2 aromatic rings. The number of rotatable bonds is 6. The van der Waals surface area contributed by atoms with Crippen LogP contribution in [-0.2, 0) is 20.7 Å². The predicted molar refractivity (Wildman–Crippen MR) is 110 cm³/mol. The number of H-pyrrole nitrogens is 1. The van der Waals surface area contributed by atoms with Crippen LogP contribution in [0.5, 0.6) is 0 Å². The summed E-state index contributed by atoms with van der Waals surface area (Å²) in [6, 6.07) is 6.38. The highest BCUT2D eigenvalue weighted by Crippen LogP contribution is 2.23. The van der Waals surface area contributed by atoms with E-state index in [9.17, 15) is 19.2 Å². The standard InChI is InChI=1S/C21H26N4O5/c1-13-6-2-4-8-15(13)23-21(29)25-18(26)12-30-19(27)11-10-17-22-16-9-5-3-7-14(16)20(28)24-17/h3,5,7,9,13,15H,2,4,6,8,10-12H2,1H3,(H,22,24,28)(H2,23,25,26,29)/t13-,15+/m0/s1. The number of nitrogens with zero attached hydrogens (tertiary/aromatic N) is 1. The van der Waals surface area contributed by atoms with Gasteiger partial charge in [0.1, 0.15) is 5.82 Å². The molecule has 0 saturated heterocycles. The molecule has 9 nitrogen and oxygen atoms in total. The molecule has 0 aliphatic heterocycles. The Balaban J connectivity index is 1.40. The van der Waals surface area contributed by atoms with Crippen molar-refractivity contribution in [2.24, 2.45) is 5.92 Å². The monoisotopic (exact) mass is 414 g/mol. The van der Waals surface area contributed by atoms with E-state index in [0.29, 0.717) is 22.6 Å². The van der Waals surface area contributed by atoms with E-state index in [1.54, 1.807) is 24.3 Å². The van der Waals surface area contributed by atoms with Crippen LogP contribution in [0.25, 0.3) is 10.9 Å². The van der Waals surface area contributed by atoms with Gasteiger partial charge in [-0.15, -0.1) is 0 Å². The molecule has 3 amide bonds. The highest BCUT2D eigenvalue weighted by Gasteiger charge is 2.23. The Hall–Kier alpha value is -3.23. The normalized spacial score (nSPS) is 18.6. The Morgan fingerprint density at radius 1 is 1.20 bits per heavy atom. The van der Waals surface area contributed by atoms with Gasteiger partial charge in [-0.3, -0.25) is 19.7 Å². The molecule has 1 aromatic carbocycles. The van der Waals surface area contributed by atoms with E-state index in [-0.39, 0.29) is 24.4 Å². The molecule has 3 rings (SSSR count). The maximum absolute atomic E-state index is 12.0. The number of urea groups is 1. The van der Waals surface area contributed by atoms with Gasteiger partial charge in [0.2, 0.25) is 0 Å². The first-order chi connectivity index (χ1) is 14.4. The molecule has 3 N–H and O–H groups in total. The Bertz CT molecular complexity index is 987. The molecule has 9 heteroatoms. The second-order valence-corrected chi connectivity index (χ2v) is 7.58. The van der Waals surface area contributed by atoms with Crippen molar-refractivity contribution in [2.45, 2.75) is 51.5 Å². The zero-order valence-electron chi connectivity index (χ0n) is 16.9. The number of carbonyl (C=O) groups is 3. The van der Waals surface area contributed by atoms with Crippen LogP contribution in [0.2, 0.25) is 0 Å². The zero-order chi connectivity index (χ0) is 21.5. The van der Waals surface area contributed by atoms with Crippen molar-refractivity contribution in [2.75, 3.05) is 6.61 Å². The number of hydrogen-bond donors (Lipinski definition) is 3. The summed E-state index contributed by atoms with van der Waals surface area (Å²) in [4.78, 5) is 54.6. The second-order valence-electron chi connectivity index (χ2n) is 7.58. The van der Waals surface area contributed by atoms with E-state index in [2.05, 4.69) is 27.5 Å². The quantitative estimate of drug-likeness (QED) is 0.618. The van der Waals surface area contributed by atoms with Gasteiger partial charge < -0.3 is 15.0 Å². The van der Waals surface area contributed by atoms with Gasteiger partial charge in [0.05, 0.1) is 17.3 Å². The molecule has 0 radical (unpaired) electrons. The summed E-state index contributed by atoms with van der Waals surface area (Å²) < 4.78 is 4.90. The summed E-state index contributed by atoms with van der Waals surface area (Å²) in [6.07, 6.45) is 4.26. The largest absolute Gasteiger partial charge is 0.456 e. The third-order valence-electron chi connectivity index (χ3n) is 5.27. The van der Waals surface area contributed by atoms with E-state index < -0.39 is 24.5 Å². The molecule has 0 bridgehead atoms. The van der Waals surface area contributed by atoms with Gasteiger partial charge in [0, 0.05) is 12.5 Å². The van der Waals surface area contributed by atoms with E-state index in [1.807, 2.05) is 0 Å². The van der Waals surface area contributed by atoms with Gasteiger partial charge >= 0.3 is 12.0 Å². The number of carbonyl (C=O) groups excluding carboxylic acids is 3. The first kappa shape index (κ1) is 21.5. The maximum atomic E-state index is 12.0. The van der Waals surface area contributed by atoms with E-state index >= 15 is 0 Å². The number of aromatic amines is 1. The van der Waals surface area contributed by atoms with Gasteiger partial charge in [-0.2, -0.15) is 0 Å². The fraction of sp³-hybridized carbons (Fsp3) is 0.476. The first-order valence-electron chi connectivity index (χ1n) is 10.2. The van der Waals surface area contributed by atoms with Crippen LogP contribution < -0.4 is 16.2 Å². The number of imide groups is 1. The lowest BCUT2D eigenvalue weighted by Gasteiger charge is -2.29. The number of aryl methyl sites for hydroxylation is 1. The van der Waals surface area contributed by atoms with Gasteiger partial charge in [-0.1, -0.05) is 31.9 Å². The Labute approximate surface area is 173 Å². The van der Waals surface area contributed by atoms with Crippen LogP contribution in [0.15, 0.2) is 29.1 Å². The SMILES string of the molecule is C[C@H]1CCCC[C@H]1NC(=O)NC(=O)COC(=O)CCc1nc2ccccc2c(=O)[nH]1. The van der Waals surface area contributed by atoms with Gasteiger partial charge in [-0.25, -0.2) is 9.78 Å². The van der Waals surface area contributed by atoms with Crippen LogP contribution in [0.3, 0.4) is 0 Å². The molecule has 1 saturated carbocycles. The first-order valence-corrected chi connectivity index (χ1v) is 10.2. The van der Waals surface area contributed by atoms with Crippen LogP contribution in [-0.4, -0.2) is 40.5 Å². The molecule has 2 atom stereocenters. The average Bonchev–Trinajstić information content (AvgIpc) is 2.72. The molecule has 1 fully saturated rings. The minimum Gasteiger partial charge on any atom is -0.456 e. The molecule has 1 aliphatic rings. The van der Waals surface area contributed by atoms with Crippen molar-refractivity contribution >= 4 is 28.8 Å². The summed E-state index contributed by atoms with van der Waals surface area (Å²) in [6.45, 7) is 1.53. The topological polar surface area (TPSA) is 130 Å². The number of esters is 1. The van der Waals surface area contributed by atoms with Gasteiger partial charge in [0.25, 0.3) is 11.5 Å². The molecule has 1 aliphatic carbocycles. The van der Waals surface area contributed by atoms with Crippen molar-refractivity contribution in [3.8, 4) is 0 Å². The molecule has 160 valence electrons. The minimum atomic E-state index is -0.693. The molecular formula is C21H26N4O5. The number of aromatic nitrogens is 2. The number of fused-ring (bicyclic) bond motifs is 1. The van der Waals surface area contributed by atoms with Crippen LogP contribution in [0, 0.1) is 5.92 Å². The third kappa shape index (κ3) is 5.88. The number of ether oxygens (including phenoxy) is 1. The zero-order valence-corrected chi connectivity index (χ0v) is 16.9. The summed E-state index contributed by atoms with van der Waals surface area (Å²) in [7, 11) is 0. The molecule has 0 unspecified atom stereocenters. The number of amides is 3. The van der Waals surface area contributed by atoms with Crippen LogP contribution >= 0.6 is 0 Å². The highest BCUT2D eigenvalue weighted by atomic mass is 16.5. The van der Waals surface area contributed by atoms with Gasteiger partial charge in [0.15, 0.2) is 6.61 Å². The smallest absolute Gasteiger partial charge is 0.321 e. The van der Waals surface area contributed by atoms with Crippen molar-refractivity contribution in [1.29, 1.82) is 0 Å². The Morgan fingerprint density at radius 3 is 2.77 bits per heavy atom. The van der Waals surface area contributed by atoms with Crippen LogP contribution in [0.1, 0.15) is 44.9 Å². The molecule has 0 spiro atoms. The fourth-order valence-electron chi connectivity index (χ4n) is 3.59. The number of para-hydroxylation sites is 1. The van der Waals surface area contributed by atoms with Crippen LogP contribution in [0.4, 0.5) is 4.79 Å². The Morgan fingerprint density at radius 2 is 1.97 bits per heavy atom. The summed E-state index contributed by atoms with van der Waals surface area (Å²) in [5.74, 6) is -0.586. The number of nitrogens with one attached hydrogen (secondary N) is 3. The number of benzene rings is 1. The fourth-order valence-corrected chi connectivity index (χ4v) is 3.59. The second kappa shape index (κ2) is 10.00. The maximum Gasteiger partial charge on any atom is 0.321 e. The van der Waals surface area contributed by atoms with E-state index in [0.717, 1.165) is 25.7 Å². The molecule has 30 heavy (non-hydrogen) atoms. The minimum absolute atomic E-state index is 0.0470. The van der Waals surface area contributed by atoms with Crippen molar-refractivity contribution in [3.05, 3.63) is 40.4 Å². The molecule has 1 heterocycles. The Kier molecular flexibility index (Phi) is 7.16. The molecule has 1 aromatic heterocycles. The van der Waals surface area contributed by atoms with Crippen molar-refractivity contribution < 1.29 is 19.1 Å². The van der Waals surface area contributed by atoms with E-state index in [4.69, 9.17) is 4.74 Å². The lowest BCUT2D eigenvalue weighted by molar-refractivity contribution is -0.148. The summed E-state index contributed by atoms with van der Waals surface area (Å²) in [5, 5.41) is 5.45. The van der Waals surface area contributed by atoms with Crippen molar-refractivity contribution in [3.63, 3.8) is 0 Å².